The van der Waals surface area contributed by atoms with E-state index in [0.29, 0.717) is 22.1 Å². The molecule has 0 unspecified atom stereocenters. The molecule has 0 spiro atoms. The van der Waals surface area contributed by atoms with Crippen molar-refractivity contribution < 1.29 is 24.5 Å². The summed E-state index contributed by atoms with van der Waals surface area (Å²) >= 11 is 6.57. The van der Waals surface area contributed by atoms with E-state index in [1.54, 1.807) is 24.3 Å². The second-order valence-corrected chi connectivity index (χ2v) is 9.14. The van der Waals surface area contributed by atoms with E-state index in [4.69, 9.17) is 26.3 Å². The topological polar surface area (TPSA) is 130 Å². The molecule has 2 aromatic carbocycles. The van der Waals surface area contributed by atoms with Crippen molar-refractivity contribution in [2.45, 2.75) is 32.7 Å². The molecule has 0 aliphatic carbocycles. The molecule has 9 nitrogen and oxygen atoms in total. The first-order valence-corrected chi connectivity index (χ1v) is 12.5. The third-order valence-electron chi connectivity index (χ3n) is 6.15. The first-order valence-electron chi connectivity index (χ1n) is 12.1. The summed E-state index contributed by atoms with van der Waals surface area (Å²) < 4.78 is 14.2. The first-order chi connectivity index (χ1) is 18.9. The van der Waals surface area contributed by atoms with Gasteiger partial charge in [-0.05, 0) is 60.0 Å². The highest BCUT2D eigenvalue weighted by Gasteiger charge is 2.18. The quantitative estimate of drug-likeness (QED) is 0.238. The van der Waals surface area contributed by atoms with Crippen LogP contribution in [0.5, 0.6) is 11.5 Å². The predicted molar refractivity (Wildman–Crippen MR) is 145 cm³/mol. The lowest BCUT2D eigenvalue weighted by Crippen LogP contribution is -2.39. The summed E-state index contributed by atoms with van der Waals surface area (Å²) in [4.78, 5) is 15.3. The second-order valence-electron chi connectivity index (χ2n) is 8.73. The molecule has 2 aromatic heterocycles. The fourth-order valence-corrected chi connectivity index (χ4v) is 4.21. The molecule has 200 valence electrons. The molecule has 0 saturated heterocycles. The molecule has 4 aromatic rings. The van der Waals surface area contributed by atoms with Gasteiger partial charge in [-0.3, -0.25) is 10.1 Å². The highest BCUT2D eigenvalue weighted by molar-refractivity contribution is 6.32. The number of aromatic nitrogens is 2. The van der Waals surface area contributed by atoms with Gasteiger partial charge in [-0.25, -0.2) is 4.98 Å². The molecule has 0 saturated carbocycles. The Kier molecular flexibility index (Phi) is 9.18. The van der Waals surface area contributed by atoms with E-state index in [1.165, 1.54) is 6.20 Å². The van der Waals surface area contributed by atoms with Crippen LogP contribution in [0.15, 0.2) is 73.2 Å². The summed E-state index contributed by atoms with van der Waals surface area (Å²) in [5.41, 5.74) is 4.67. The van der Waals surface area contributed by atoms with Gasteiger partial charge in [0.05, 0.1) is 11.6 Å². The summed E-state index contributed by atoms with van der Waals surface area (Å²) in [6.07, 6.45) is 5.49. The molecule has 10 heteroatoms. The lowest BCUT2D eigenvalue weighted by molar-refractivity contribution is -0.140. The smallest absolute Gasteiger partial charge is 0.323 e. The zero-order valence-corrected chi connectivity index (χ0v) is 21.9. The van der Waals surface area contributed by atoms with Crippen molar-refractivity contribution >= 4 is 17.6 Å². The van der Waals surface area contributed by atoms with Gasteiger partial charge in [-0.2, -0.15) is 5.26 Å². The minimum absolute atomic E-state index is 0.0741. The summed E-state index contributed by atoms with van der Waals surface area (Å²) in [5.74, 6) is -0.368. The van der Waals surface area contributed by atoms with Crippen LogP contribution in [0.1, 0.15) is 27.9 Å². The van der Waals surface area contributed by atoms with Gasteiger partial charge >= 0.3 is 5.97 Å². The van der Waals surface area contributed by atoms with Gasteiger partial charge in [-0.1, -0.05) is 23.7 Å². The zero-order chi connectivity index (χ0) is 27.8. The number of pyridine rings is 1. The lowest BCUT2D eigenvalue weighted by Gasteiger charge is -2.18. The number of aliphatic hydroxyl groups excluding tert-OH is 1. The van der Waals surface area contributed by atoms with Crippen LogP contribution in [0, 0.1) is 18.3 Å². The molecular weight excluding hydrogens is 520 g/mol. The van der Waals surface area contributed by atoms with E-state index in [2.05, 4.69) is 10.3 Å². The van der Waals surface area contributed by atoms with Crippen LogP contribution in [-0.4, -0.2) is 38.4 Å². The van der Waals surface area contributed by atoms with Crippen molar-refractivity contribution in [1.29, 1.82) is 5.26 Å². The van der Waals surface area contributed by atoms with Crippen molar-refractivity contribution in [3.8, 4) is 23.3 Å². The number of hydrogen-bond donors (Lipinski definition) is 3. The van der Waals surface area contributed by atoms with Crippen molar-refractivity contribution in [3.05, 3.63) is 106 Å². The van der Waals surface area contributed by atoms with Crippen molar-refractivity contribution in [2.24, 2.45) is 0 Å². The lowest BCUT2D eigenvalue weighted by atomic mass is 10.1. The molecule has 0 amide bonds. The fraction of sp³-hybridized carbons (Fsp3) is 0.207. The maximum absolute atomic E-state index is 11.3. The van der Waals surface area contributed by atoms with E-state index in [9.17, 15) is 15.0 Å². The fourth-order valence-electron chi connectivity index (χ4n) is 3.97. The third-order valence-corrected chi connectivity index (χ3v) is 6.45. The summed E-state index contributed by atoms with van der Waals surface area (Å²) in [6.45, 7) is 1.93. The Hall–Kier alpha value is -4.36. The SMILES string of the molecule is Cc1c(COc2cc(OCc3ccnc(C#N)c3)c(CN[C@H](CO)C(=O)O)cc2Cl)cccc1-n1cccc1. The molecule has 0 aliphatic rings. The molecule has 39 heavy (non-hydrogen) atoms. The number of ether oxygens (including phenoxy) is 2. The molecule has 0 aliphatic heterocycles. The van der Waals surface area contributed by atoms with Crippen LogP contribution in [-0.2, 0) is 24.6 Å². The van der Waals surface area contributed by atoms with Gasteiger partial charge in [0.2, 0.25) is 0 Å². The van der Waals surface area contributed by atoms with E-state index < -0.39 is 18.6 Å². The minimum Gasteiger partial charge on any atom is -0.488 e. The second kappa shape index (κ2) is 12.9. The molecule has 2 heterocycles. The molecule has 0 radical (unpaired) electrons. The number of aliphatic hydroxyl groups is 1. The number of carboxylic acid groups (broad SMARTS) is 1. The average Bonchev–Trinajstić information content (AvgIpc) is 3.47. The number of carbonyl (C=O) groups is 1. The number of benzene rings is 2. The highest BCUT2D eigenvalue weighted by atomic mass is 35.5. The van der Waals surface area contributed by atoms with E-state index >= 15 is 0 Å². The molecule has 4 rings (SSSR count). The number of nitrogens with zero attached hydrogens (tertiary/aromatic N) is 3. The predicted octanol–water partition coefficient (Wildman–Crippen LogP) is 4.40. The minimum atomic E-state index is -1.18. The standard InChI is InChI=1S/C29H27ClN4O5/c1-19-21(5-4-6-26(19)34-9-2-3-10-34)18-39-28-13-27(38-17-20-7-8-32-23(11-20)14-31)22(12-24(28)30)15-33-25(16-35)29(36)37/h2-13,25,33,35H,15-18H2,1H3,(H,36,37)/t25-/m1/s1. The Balaban J connectivity index is 1.57. The average molecular weight is 547 g/mol. The van der Waals surface area contributed by atoms with Crippen LogP contribution in [0.4, 0.5) is 0 Å². The van der Waals surface area contributed by atoms with Gasteiger partial charge in [0.25, 0.3) is 0 Å². The van der Waals surface area contributed by atoms with Crippen molar-refractivity contribution in [3.63, 3.8) is 0 Å². The number of aliphatic carboxylic acids is 1. The van der Waals surface area contributed by atoms with Gasteiger partial charge in [0.1, 0.15) is 42.5 Å². The Morgan fingerprint density at radius 1 is 1.10 bits per heavy atom. The van der Waals surface area contributed by atoms with Crippen LogP contribution >= 0.6 is 11.6 Å². The van der Waals surface area contributed by atoms with E-state index in [1.807, 2.05) is 60.3 Å². The normalized spacial score (nSPS) is 11.5. The Morgan fingerprint density at radius 3 is 2.59 bits per heavy atom. The number of rotatable bonds is 12. The molecule has 0 bridgehead atoms. The largest absolute Gasteiger partial charge is 0.488 e. The summed E-state index contributed by atoms with van der Waals surface area (Å²) in [7, 11) is 0. The molecule has 1 atom stereocenters. The van der Waals surface area contributed by atoms with Crippen LogP contribution in [0.3, 0.4) is 0 Å². The maximum atomic E-state index is 11.3. The monoisotopic (exact) mass is 546 g/mol. The van der Waals surface area contributed by atoms with E-state index in [0.717, 1.165) is 22.4 Å². The molecule has 0 fully saturated rings. The number of halogens is 1. The Labute approximate surface area is 230 Å². The third kappa shape index (κ3) is 6.94. The molecule has 3 N–H and O–H groups in total. The Bertz CT molecular complexity index is 1480. The van der Waals surface area contributed by atoms with Crippen LogP contribution in [0.25, 0.3) is 5.69 Å². The zero-order valence-electron chi connectivity index (χ0n) is 21.2. The summed E-state index contributed by atoms with van der Waals surface area (Å²) in [6, 6.07) is 17.4. The summed E-state index contributed by atoms with van der Waals surface area (Å²) in [5, 5.41) is 30.9. The van der Waals surface area contributed by atoms with Crippen LogP contribution < -0.4 is 14.8 Å². The molecular formula is C29H27ClN4O5. The Morgan fingerprint density at radius 2 is 1.87 bits per heavy atom. The van der Waals surface area contributed by atoms with Gasteiger partial charge < -0.3 is 24.3 Å². The number of nitrogens with one attached hydrogen (secondary N) is 1. The van der Waals surface area contributed by atoms with Gasteiger partial charge in [0.15, 0.2) is 0 Å². The van der Waals surface area contributed by atoms with Gasteiger partial charge in [0, 0.05) is 42.5 Å². The highest BCUT2D eigenvalue weighted by Crippen LogP contribution is 2.34. The van der Waals surface area contributed by atoms with Crippen LogP contribution in [0.2, 0.25) is 5.02 Å². The maximum Gasteiger partial charge on any atom is 0.323 e. The van der Waals surface area contributed by atoms with Crippen molar-refractivity contribution in [2.75, 3.05) is 6.61 Å². The number of nitriles is 1. The number of carboxylic acids is 1. The first kappa shape index (κ1) is 27.7. The van der Waals surface area contributed by atoms with E-state index in [-0.39, 0.29) is 25.5 Å². The van der Waals surface area contributed by atoms with Crippen molar-refractivity contribution in [1.82, 2.24) is 14.9 Å². The van der Waals surface area contributed by atoms with Gasteiger partial charge in [-0.15, -0.1) is 0 Å². The number of hydrogen-bond acceptors (Lipinski definition) is 7.